The van der Waals surface area contributed by atoms with Crippen molar-refractivity contribution in [3.05, 3.63) is 33.9 Å². The lowest BCUT2D eigenvalue weighted by atomic mass is 9.91. The first-order valence-electron chi connectivity index (χ1n) is 8.37. The molecular weight excluding hydrogens is 270 g/mol. The summed E-state index contributed by atoms with van der Waals surface area (Å²) >= 11 is 0. The van der Waals surface area contributed by atoms with E-state index >= 15 is 0 Å². The maximum Gasteiger partial charge on any atom is 0.151 e. The van der Waals surface area contributed by atoms with E-state index in [1.54, 1.807) is 7.05 Å². The Hall–Kier alpha value is -1.44. The van der Waals surface area contributed by atoms with Crippen LogP contribution in [0.5, 0.6) is 0 Å². The van der Waals surface area contributed by atoms with Crippen LogP contribution in [-0.2, 0) is 4.79 Å². The number of aldehydes is 1. The second kappa shape index (κ2) is 8.87. The van der Waals surface area contributed by atoms with E-state index in [1.165, 1.54) is 23.1 Å². The normalized spacial score (nSPS) is 18.1. The SMILES string of the molecule is CN=C(CC1=C(C)C(C)=CCCC1)/C(C=O)=C(\C)CC(C)C. The molecule has 122 valence electrons. The fourth-order valence-electron chi connectivity index (χ4n) is 3.11. The van der Waals surface area contributed by atoms with Gasteiger partial charge in [0, 0.05) is 24.8 Å². The predicted molar refractivity (Wildman–Crippen MR) is 96.5 cm³/mol. The zero-order valence-corrected chi connectivity index (χ0v) is 15.1. The molecule has 0 saturated heterocycles. The molecule has 0 aromatic rings. The van der Waals surface area contributed by atoms with Crippen molar-refractivity contribution < 1.29 is 4.79 Å². The molecule has 0 radical (unpaired) electrons. The monoisotopic (exact) mass is 301 g/mol. The quantitative estimate of drug-likeness (QED) is 0.364. The molecule has 0 bridgehead atoms. The number of hydrogen-bond donors (Lipinski definition) is 0. The van der Waals surface area contributed by atoms with E-state index in [2.05, 4.69) is 45.7 Å². The van der Waals surface area contributed by atoms with Gasteiger partial charge in [0.05, 0.1) is 0 Å². The smallest absolute Gasteiger partial charge is 0.151 e. The summed E-state index contributed by atoms with van der Waals surface area (Å²) in [6.45, 7) is 10.8. The van der Waals surface area contributed by atoms with Gasteiger partial charge in [0.25, 0.3) is 0 Å². The summed E-state index contributed by atoms with van der Waals surface area (Å²) in [6.07, 6.45) is 8.51. The highest BCUT2D eigenvalue weighted by Gasteiger charge is 2.15. The van der Waals surface area contributed by atoms with Crippen LogP contribution >= 0.6 is 0 Å². The largest absolute Gasteiger partial charge is 0.298 e. The summed E-state index contributed by atoms with van der Waals surface area (Å²) in [5, 5.41) is 0. The minimum Gasteiger partial charge on any atom is -0.298 e. The summed E-state index contributed by atoms with van der Waals surface area (Å²) in [6, 6.07) is 0. The van der Waals surface area contributed by atoms with Crippen LogP contribution in [0.4, 0.5) is 0 Å². The van der Waals surface area contributed by atoms with E-state index in [0.29, 0.717) is 5.92 Å². The van der Waals surface area contributed by atoms with Gasteiger partial charge in [-0.2, -0.15) is 0 Å². The van der Waals surface area contributed by atoms with Crippen molar-refractivity contribution in [2.24, 2.45) is 10.9 Å². The molecule has 2 nitrogen and oxygen atoms in total. The molecular formula is C20H31NO. The zero-order valence-electron chi connectivity index (χ0n) is 15.1. The minimum absolute atomic E-state index is 0.553. The number of nitrogens with zero attached hydrogens (tertiary/aromatic N) is 1. The maximum atomic E-state index is 11.6. The fourth-order valence-corrected chi connectivity index (χ4v) is 3.11. The lowest BCUT2D eigenvalue weighted by Crippen LogP contribution is -2.10. The highest BCUT2D eigenvalue weighted by Crippen LogP contribution is 2.28. The zero-order chi connectivity index (χ0) is 16.7. The first-order valence-corrected chi connectivity index (χ1v) is 8.37. The van der Waals surface area contributed by atoms with Crippen LogP contribution < -0.4 is 0 Å². The maximum absolute atomic E-state index is 11.6. The molecule has 1 rings (SSSR count). The molecule has 0 atom stereocenters. The molecule has 0 aliphatic heterocycles. The van der Waals surface area contributed by atoms with Gasteiger partial charge >= 0.3 is 0 Å². The van der Waals surface area contributed by atoms with E-state index in [1.807, 2.05) is 0 Å². The van der Waals surface area contributed by atoms with Gasteiger partial charge in [-0.25, -0.2) is 0 Å². The molecule has 22 heavy (non-hydrogen) atoms. The van der Waals surface area contributed by atoms with Gasteiger partial charge < -0.3 is 0 Å². The molecule has 0 fully saturated rings. The van der Waals surface area contributed by atoms with Crippen molar-refractivity contribution in [1.29, 1.82) is 0 Å². The summed E-state index contributed by atoms with van der Waals surface area (Å²) in [5.41, 5.74) is 7.09. The topological polar surface area (TPSA) is 29.4 Å². The Morgan fingerprint density at radius 3 is 2.59 bits per heavy atom. The third-order valence-corrected chi connectivity index (χ3v) is 4.51. The lowest BCUT2D eigenvalue weighted by molar-refractivity contribution is -0.104. The number of aliphatic imine (C=N–C) groups is 1. The average Bonchev–Trinajstić information content (AvgIpc) is 2.61. The molecule has 1 aliphatic carbocycles. The van der Waals surface area contributed by atoms with Gasteiger partial charge in [-0.05, 0) is 57.9 Å². The standard InChI is InChI=1S/C20H31NO/c1-14(2)11-16(4)19(13-22)20(21-6)12-18-10-8-7-9-15(3)17(18)5/h9,13-14H,7-8,10-12H2,1-6H3/b19-16+,21-20?. The van der Waals surface area contributed by atoms with Gasteiger partial charge in [0.1, 0.15) is 0 Å². The van der Waals surface area contributed by atoms with Crippen molar-refractivity contribution >= 4 is 12.0 Å². The van der Waals surface area contributed by atoms with E-state index in [-0.39, 0.29) is 0 Å². The average molecular weight is 301 g/mol. The van der Waals surface area contributed by atoms with Crippen LogP contribution in [-0.4, -0.2) is 19.0 Å². The van der Waals surface area contributed by atoms with E-state index < -0.39 is 0 Å². The number of allylic oxidation sites excluding steroid dienone is 6. The molecule has 0 spiro atoms. The van der Waals surface area contributed by atoms with Crippen LogP contribution in [0.3, 0.4) is 0 Å². The van der Waals surface area contributed by atoms with Gasteiger partial charge in [0.15, 0.2) is 6.29 Å². The van der Waals surface area contributed by atoms with Crippen molar-refractivity contribution in [2.75, 3.05) is 7.05 Å². The summed E-state index contributed by atoms with van der Waals surface area (Å²) < 4.78 is 0. The van der Waals surface area contributed by atoms with Gasteiger partial charge in [-0.1, -0.05) is 36.6 Å². The first-order chi connectivity index (χ1) is 10.4. The summed E-state index contributed by atoms with van der Waals surface area (Å²) in [4.78, 5) is 16.1. The molecule has 0 aromatic carbocycles. The van der Waals surface area contributed by atoms with Crippen LogP contribution in [0.2, 0.25) is 0 Å². The Bertz CT molecular complexity index is 530. The number of hydrogen-bond acceptors (Lipinski definition) is 2. The Morgan fingerprint density at radius 2 is 2.05 bits per heavy atom. The molecule has 0 unspecified atom stereocenters. The fraction of sp³-hybridized carbons (Fsp3) is 0.600. The Kier molecular flexibility index (Phi) is 7.50. The second-order valence-electron chi connectivity index (χ2n) is 6.76. The van der Waals surface area contributed by atoms with Gasteiger partial charge in [-0.15, -0.1) is 0 Å². The highest BCUT2D eigenvalue weighted by atomic mass is 16.1. The molecule has 0 amide bonds. The molecule has 0 heterocycles. The molecule has 0 aromatic heterocycles. The molecule has 0 N–H and O–H groups in total. The van der Waals surface area contributed by atoms with E-state index in [4.69, 9.17) is 0 Å². The Labute approximate surface area is 136 Å². The molecule has 0 saturated carbocycles. The van der Waals surface area contributed by atoms with Crippen molar-refractivity contribution in [3.8, 4) is 0 Å². The van der Waals surface area contributed by atoms with Crippen LogP contribution in [0.15, 0.2) is 38.9 Å². The van der Waals surface area contributed by atoms with Crippen molar-refractivity contribution in [1.82, 2.24) is 0 Å². The first kappa shape index (κ1) is 18.6. The Balaban J connectivity index is 3.09. The van der Waals surface area contributed by atoms with Crippen molar-refractivity contribution in [3.63, 3.8) is 0 Å². The summed E-state index contributed by atoms with van der Waals surface area (Å²) in [7, 11) is 1.80. The molecule has 1 aliphatic rings. The van der Waals surface area contributed by atoms with Crippen LogP contribution in [0.1, 0.15) is 66.7 Å². The predicted octanol–water partition coefficient (Wildman–Crippen LogP) is 5.46. The number of carbonyl (C=O) groups is 1. The number of carbonyl (C=O) groups excluding carboxylic acids is 1. The third-order valence-electron chi connectivity index (χ3n) is 4.51. The lowest BCUT2D eigenvalue weighted by Gasteiger charge is -2.15. The Morgan fingerprint density at radius 1 is 1.36 bits per heavy atom. The van der Waals surface area contributed by atoms with Crippen LogP contribution in [0.25, 0.3) is 0 Å². The van der Waals surface area contributed by atoms with Crippen molar-refractivity contribution in [2.45, 2.75) is 66.7 Å². The van der Waals surface area contributed by atoms with Gasteiger partial charge in [0.2, 0.25) is 0 Å². The molecule has 2 heteroatoms. The van der Waals surface area contributed by atoms with Crippen LogP contribution in [0, 0.1) is 5.92 Å². The van der Waals surface area contributed by atoms with E-state index in [0.717, 1.165) is 48.8 Å². The summed E-state index contributed by atoms with van der Waals surface area (Å²) in [5.74, 6) is 0.553. The minimum atomic E-state index is 0.553. The van der Waals surface area contributed by atoms with E-state index in [9.17, 15) is 4.79 Å². The second-order valence-corrected chi connectivity index (χ2v) is 6.76. The van der Waals surface area contributed by atoms with Gasteiger partial charge in [-0.3, -0.25) is 9.79 Å². The highest BCUT2D eigenvalue weighted by molar-refractivity contribution is 6.16. The number of rotatable bonds is 6. The third kappa shape index (κ3) is 5.08.